The fraction of sp³-hybridized carbons (Fsp3) is 0.833. The van der Waals surface area contributed by atoms with Crippen molar-refractivity contribution in [1.82, 2.24) is 14.8 Å². The van der Waals surface area contributed by atoms with E-state index >= 15 is 0 Å². The lowest BCUT2D eigenvalue weighted by atomic mass is 9.96. The van der Waals surface area contributed by atoms with E-state index in [0.717, 1.165) is 25.2 Å². The minimum absolute atomic E-state index is 0.455. The molecule has 1 N–H and O–H groups in total. The molecular weight excluding hydrogens is 202 g/mol. The van der Waals surface area contributed by atoms with Crippen molar-refractivity contribution in [3.8, 4) is 0 Å². The second-order valence-corrected chi connectivity index (χ2v) is 5.56. The molecule has 16 heavy (non-hydrogen) atoms. The Hall–Kier alpha value is -0.900. The third kappa shape index (κ3) is 2.61. The maximum Gasteiger partial charge on any atom is 0.138 e. The van der Waals surface area contributed by atoms with Crippen molar-refractivity contribution in [2.45, 2.75) is 52.2 Å². The highest BCUT2D eigenvalue weighted by molar-refractivity contribution is 5.00. The number of hydrogen-bond donors (Lipinski definition) is 1. The lowest BCUT2D eigenvalue weighted by Crippen LogP contribution is -2.31. The van der Waals surface area contributed by atoms with Crippen molar-refractivity contribution >= 4 is 0 Å². The molecule has 90 valence electrons. The predicted octanol–water partition coefficient (Wildman–Crippen LogP) is 1.64. The molecule has 1 unspecified atom stereocenters. The summed E-state index contributed by atoms with van der Waals surface area (Å²) in [6.45, 7) is 7.10. The van der Waals surface area contributed by atoms with Crippen LogP contribution in [0.3, 0.4) is 0 Å². The Balaban J connectivity index is 2.05. The first-order chi connectivity index (χ1) is 7.49. The molecule has 1 heterocycles. The maximum absolute atomic E-state index is 10.3. The Morgan fingerprint density at radius 1 is 1.56 bits per heavy atom. The summed E-state index contributed by atoms with van der Waals surface area (Å²) in [5, 5.41) is 14.5. The molecular formula is C12H21N3O. The molecule has 1 fully saturated rings. The zero-order valence-corrected chi connectivity index (χ0v) is 10.3. The van der Waals surface area contributed by atoms with Gasteiger partial charge in [0, 0.05) is 13.0 Å². The SMILES string of the molecule is CC(C)Cn1ncnc1CC(C)(O)C1CC1. The highest BCUT2D eigenvalue weighted by Gasteiger charge is 2.40. The monoisotopic (exact) mass is 223 g/mol. The molecule has 1 aromatic rings. The van der Waals surface area contributed by atoms with Crippen LogP contribution in [0.1, 0.15) is 39.4 Å². The number of aliphatic hydroxyl groups is 1. The third-order valence-electron chi connectivity index (χ3n) is 3.21. The molecule has 1 aliphatic rings. The summed E-state index contributed by atoms with van der Waals surface area (Å²) in [4.78, 5) is 4.26. The molecule has 0 spiro atoms. The van der Waals surface area contributed by atoms with Gasteiger partial charge >= 0.3 is 0 Å². The fourth-order valence-electron chi connectivity index (χ4n) is 2.09. The first-order valence-corrected chi connectivity index (χ1v) is 6.08. The van der Waals surface area contributed by atoms with Crippen molar-refractivity contribution in [3.05, 3.63) is 12.2 Å². The fourth-order valence-corrected chi connectivity index (χ4v) is 2.09. The van der Waals surface area contributed by atoms with E-state index in [1.807, 2.05) is 11.6 Å². The lowest BCUT2D eigenvalue weighted by Gasteiger charge is -2.22. The summed E-state index contributed by atoms with van der Waals surface area (Å²) < 4.78 is 1.92. The Kier molecular flexibility index (Phi) is 3.02. The minimum atomic E-state index is -0.609. The van der Waals surface area contributed by atoms with E-state index < -0.39 is 5.60 Å². The second kappa shape index (κ2) is 4.17. The Labute approximate surface area is 96.7 Å². The zero-order chi connectivity index (χ0) is 11.8. The summed E-state index contributed by atoms with van der Waals surface area (Å²) in [5.74, 6) is 1.91. The van der Waals surface area contributed by atoms with Crippen LogP contribution in [0.4, 0.5) is 0 Å². The number of hydrogen-bond acceptors (Lipinski definition) is 3. The van der Waals surface area contributed by atoms with E-state index in [1.165, 1.54) is 0 Å². The molecule has 1 aliphatic carbocycles. The van der Waals surface area contributed by atoms with Gasteiger partial charge in [0.05, 0.1) is 5.60 Å². The van der Waals surface area contributed by atoms with Gasteiger partial charge in [0.15, 0.2) is 0 Å². The Morgan fingerprint density at radius 2 is 2.25 bits per heavy atom. The normalized spacial score (nSPS) is 20.1. The molecule has 1 atom stereocenters. The number of rotatable bonds is 5. The van der Waals surface area contributed by atoms with Gasteiger partial charge < -0.3 is 5.11 Å². The van der Waals surface area contributed by atoms with E-state index in [1.54, 1.807) is 6.33 Å². The van der Waals surface area contributed by atoms with Crippen molar-refractivity contribution in [2.75, 3.05) is 0 Å². The van der Waals surface area contributed by atoms with Gasteiger partial charge in [-0.15, -0.1) is 0 Å². The maximum atomic E-state index is 10.3. The average Bonchev–Trinajstić information content (AvgIpc) is 2.92. The molecule has 0 amide bonds. The van der Waals surface area contributed by atoms with Gasteiger partial charge in [0.25, 0.3) is 0 Å². The van der Waals surface area contributed by atoms with Crippen LogP contribution in [0, 0.1) is 11.8 Å². The van der Waals surface area contributed by atoms with Gasteiger partial charge in [-0.05, 0) is 31.6 Å². The van der Waals surface area contributed by atoms with Crippen molar-refractivity contribution in [2.24, 2.45) is 11.8 Å². The summed E-state index contributed by atoms with van der Waals surface area (Å²) in [7, 11) is 0. The van der Waals surface area contributed by atoms with Crippen LogP contribution in [-0.2, 0) is 13.0 Å². The molecule has 1 aromatic heterocycles. The predicted molar refractivity (Wildman–Crippen MR) is 61.9 cm³/mol. The number of aromatic nitrogens is 3. The second-order valence-electron chi connectivity index (χ2n) is 5.56. The Bertz CT molecular complexity index is 353. The summed E-state index contributed by atoms with van der Waals surface area (Å²) in [6, 6.07) is 0. The molecule has 1 saturated carbocycles. The van der Waals surface area contributed by atoms with Crippen LogP contribution in [0.2, 0.25) is 0 Å². The topological polar surface area (TPSA) is 50.9 Å². The van der Waals surface area contributed by atoms with E-state index in [4.69, 9.17) is 0 Å². The van der Waals surface area contributed by atoms with E-state index in [0.29, 0.717) is 18.3 Å². The van der Waals surface area contributed by atoms with Crippen molar-refractivity contribution < 1.29 is 5.11 Å². The minimum Gasteiger partial charge on any atom is -0.389 e. The van der Waals surface area contributed by atoms with Gasteiger partial charge in [-0.2, -0.15) is 5.10 Å². The molecule has 0 radical (unpaired) electrons. The van der Waals surface area contributed by atoms with Gasteiger partial charge in [0.1, 0.15) is 12.2 Å². The van der Waals surface area contributed by atoms with Gasteiger partial charge in [-0.3, -0.25) is 0 Å². The summed E-state index contributed by atoms with van der Waals surface area (Å²) in [5.41, 5.74) is -0.609. The van der Waals surface area contributed by atoms with Crippen LogP contribution in [0.5, 0.6) is 0 Å². The van der Waals surface area contributed by atoms with Gasteiger partial charge in [-0.25, -0.2) is 9.67 Å². The molecule has 0 bridgehead atoms. The first-order valence-electron chi connectivity index (χ1n) is 6.08. The molecule has 0 aliphatic heterocycles. The summed E-state index contributed by atoms with van der Waals surface area (Å²) >= 11 is 0. The first kappa shape index (κ1) is 11.6. The van der Waals surface area contributed by atoms with E-state index in [9.17, 15) is 5.11 Å². The smallest absolute Gasteiger partial charge is 0.138 e. The van der Waals surface area contributed by atoms with Crippen molar-refractivity contribution in [3.63, 3.8) is 0 Å². The molecule has 0 aromatic carbocycles. The van der Waals surface area contributed by atoms with Crippen molar-refractivity contribution in [1.29, 1.82) is 0 Å². The zero-order valence-electron chi connectivity index (χ0n) is 10.3. The molecule has 2 rings (SSSR count). The van der Waals surface area contributed by atoms with E-state index in [-0.39, 0.29) is 0 Å². The van der Waals surface area contributed by atoms with Gasteiger partial charge in [0.2, 0.25) is 0 Å². The van der Waals surface area contributed by atoms with Gasteiger partial charge in [-0.1, -0.05) is 13.8 Å². The largest absolute Gasteiger partial charge is 0.389 e. The molecule has 4 nitrogen and oxygen atoms in total. The highest BCUT2D eigenvalue weighted by Crippen LogP contribution is 2.40. The van der Waals surface area contributed by atoms with Crippen LogP contribution in [-0.4, -0.2) is 25.5 Å². The van der Waals surface area contributed by atoms with Crippen LogP contribution in [0.15, 0.2) is 6.33 Å². The standard InChI is InChI=1S/C12H21N3O/c1-9(2)7-15-11(13-8-14-15)6-12(3,16)10-4-5-10/h8-10,16H,4-7H2,1-3H3. The Morgan fingerprint density at radius 3 is 2.81 bits per heavy atom. The number of nitrogens with zero attached hydrogens (tertiary/aromatic N) is 3. The average molecular weight is 223 g/mol. The lowest BCUT2D eigenvalue weighted by molar-refractivity contribution is 0.0340. The van der Waals surface area contributed by atoms with Crippen LogP contribution < -0.4 is 0 Å². The summed E-state index contributed by atoms with van der Waals surface area (Å²) in [6.07, 6.45) is 4.49. The third-order valence-corrected chi connectivity index (χ3v) is 3.21. The molecule has 4 heteroatoms. The quantitative estimate of drug-likeness (QED) is 0.825. The molecule has 0 saturated heterocycles. The highest BCUT2D eigenvalue weighted by atomic mass is 16.3. The van der Waals surface area contributed by atoms with Crippen LogP contribution in [0.25, 0.3) is 0 Å². The van der Waals surface area contributed by atoms with Crippen LogP contribution >= 0.6 is 0 Å². The van der Waals surface area contributed by atoms with E-state index in [2.05, 4.69) is 23.9 Å².